The minimum atomic E-state index is -0.566. The van der Waals surface area contributed by atoms with Crippen LogP contribution in [0.1, 0.15) is 23.6 Å². The maximum atomic E-state index is 12.7. The Hall–Kier alpha value is -2.03. The van der Waals surface area contributed by atoms with Gasteiger partial charge < -0.3 is 5.11 Å². The van der Waals surface area contributed by atoms with Crippen LogP contribution in [0.4, 0.5) is 0 Å². The molecule has 0 aliphatic rings. The van der Waals surface area contributed by atoms with Crippen molar-refractivity contribution in [2.45, 2.75) is 14.0 Å². The van der Waals surface area contributed by atoms with Gasteiger partial charge in [-0.2, -0.15) is 0 Å². The van der Waals surface area contributed by atoms with Crippen molar-refractivity contribution in [1.82, 2.24) is 19.8 Å². The summed E-state index contributed by atoms with van der Waals surface area (Å²) in [5, 5.41) is 15.7. The molecule has 1 amide bonds. The normalized spacial score (nSPS) is 10.5. The lowest BCUT2D eigenvalue weighted by atomic mass is 10.2. The number of halogens is 4. The molecule has 0 atom stereocenters. The first-order chi connectivity index (χ1) is 13.3. The molecule has 1 heterocycles. The molecule has 0 spiro atoms. The van der Waals surface area contributed by atoms with Crippen molar-refractivity contribution in [3.8, 4) is 11.4 Å². The van der Waals surface area contributed by atoms with E-state index in [1.807, 2.05) is 0 Å². The van der Waals surface area contributed by atoms with E-state index >= 15 is 0 Å². The van der Waals surface area contributed by atoms with Crippen LogP contribution >= 0.6 is 46.4 Å². The van der Waals surface area contributed by atoms with Gasteiger partial charge in [-0.1, -0.05) is 59.9 Å². The number of hydrogen-bond donors (Lipinski definition) is 1. The number of nitrogens with zero attached hydrogens (tertiary/aromatic N) is 4. The monoisotopic (exact) mass is 476 g/mol. The highest BCUT2D eigenvalue weighted by atomic mass is 35.5. The standard InChI is InChI=1S/C17H12Cl4N4O3.CH4/c1-28-25(7-9-2-3-11(18)12(19)4-9)17(27)16-22-8-24(23-16)10-5-13(20)15(26)14(21)6-10;/h2-6,8,26H,7H2,1H3;1H4. The smallest absolute Gasteiger partial charge is 0.317 e. The second-order valence-electron chi connectivity index (χ2n) is 5.54. The fourth-order valence-corrected chi connectivity index (χ4v) is 3.10. The zero-order chi connectivity index (χ0) is 20.4. The first-order valence-electron chi connectivity index (χ1n) is 7.70. The predicted molar refractivity (Wildman–Crippen MR) is 113 cm³/mol. The van der Waals surface area contributed by atoms with Crippen LogP contribution in [0.2, 0.25) is 20.1 Å². The lowest BCUT2D eigenvalue weighted by molar-refractivity contribution is -0.102. The van der Waals surface area contributed by atoms with E-state index in [1.165, 1.54) is 30.3 Å². The molecule has 11 heteroatoms. The van der Waals surface area contributed by atoms with Crippen LogP contribution in [0.3, 0.4) is 0 Å². The van der Waals surface area contributed by atoms with Crippen molar-refractivity contribution in [2.75, 3.05) is 7.11 Å². The van der Waals surface area contributed by atoms with Gasteiger partial charge in [0.25, 0.3) is 0 Å². The van der Waals surface area contributed by atoms with Crippen LogP contribution in [-0.2, 0) is 11.4 Å². The van der Waals surface area contributed by atoms with Gasteiger partial charge in [0.2, 0.25) is 5.82 Å². The van der Waals surface area contributed by atoms with Crippen LogP contribution in [0.5, 0.6) is 5.75 Å². The fourth-order valence-electron chi connectivity index (χ4n) is 2.30. The number of aromatic nitrogens is 3. The summed E-state index contributed by atoms with van der Waals surface area (Å²) in [6.45, 7) is 0.109. The zero-order valence-corrected chi connectivity index (χ0v) is 17.3. The molecule has 2 aromatic carbocycles. The van der Waals surface area contributed by atoms with Gasteiger partial charge in [0, 0.05) is 0 Å². The van der Waals surface area contributed by atoms with E-state index in [0.717, 1.165) is 5.06 Å². The first-order valence-corrected chi connectivity index (χ1v) is 9.21. The molecule has 3 aromatic rings. The second-order valence-corrected chi connectivity index (χ2v) is 7.17. The van der Waals surface area contributed by atoms with Gasteiger partial charge >= 0.3 is 5.91 Å². The molecule has 3 rings (SSSR count). The third kappa shape index (κ3) is 5.12. The van der Waals surface area contributed by atoms with E-state index in [1.54, 1.807) is 18.2 Å². The minimum absolute atomic E-state index is 0. The molecular weight excluding hydrogens is 462 g/mol. The van der Waals surface area contributed by atoms with Crippen LogP contribution in [0, 0.1) is 0 Å². The summed E-state index contributed by atoms with van der Waals surface area (Å²) in [7, 11) is 1.35. The Balaban J connectivity index is 0.00000300. The van der Waals surface area contributed by atoms with Crippen LogP contribution in [-0.4, -0.2) is 38.0 Å². The van der Waals surface area contributed by atoms with Crippen molar-refractivity contribution in [3.05, 3.63) is 68.1 Å². The lowest BCUT2D eigenvalue weighted by Gasteiger charge is -2.18. The van der Waals surface area contributed by atoms with Crippen molar-refractivity contribution in [2.24, 2.45) is 0 Å². The van der Waals surface area contributed by atoms with E-state index in [9.17, 15) is 9.90 Å². The zero-order valence-electron chi connectivity index (χ0n) is 14.2. The van der Waals surface area contributed by atoms with Crippen LogP contribution < -0.4 is 0 Å². The highest BCUT2D eigenvalue weighted by molar-refractivity contribution is 6.42. The number of carbonyl (C=O) groups excluding carboxylic acids is 1. The minimum Gasteiger partial charge on any atom is -0.505 e. The maximum absolute atomic E-state index is 12.7. The van der Waals surface area contributed by atoms with Crippen LogP contribution in [0.25, 0.3) is 5.69 Å². The van der Waals surface area contributed by atoms with Gasteiger partial charge in [0.1, 0.15) is 6.33 Å². The Bertz CT molecular complexity index is 1020. The SMILES string of the molecule is C.CON(Cc1ccc(Cl)c(Cl)c1)C(=O)c1ncn(-c2cc(Cl)c(O)c(Cl)c2)n1. The van der Waals surface area contributed by atoms with E-state index in [-0.39, 0.29) is 35.6 Å². The fraction of sp³-hybridized carbons (Fsp3) is 0.167. The van der Waals surface area contributed by atoms with E-state index in [0.29, 0.717) is 21.3 Å². The first kappa shape index (κ1) is 23.3. The van der Waals surface area contributed by atoms with E-state index < -0.39 is 5.91 Å². The quantitative estimate of drug-likeness (QED) is 0.495. The molecule has 0 radical (unpaired) electrons. The molecule has 0 unspecified atom stereocenters. The van der Waals surface area contributed by atoms with Gasteiger partial charge in [-0.05, 0) is 29.8 Å². The number of carbonyl (C=O) groups is 1. The number of amides is 1. The molecule has 29 heavy (non-hydrogen) atoms. The molecule has 1 N–H and O–H groups in total. The average molecular weight is 478 g/mol. The lowest BCUT2D eigenvalue weighted by Crippen LogP contribution is -2.30. The Kier molecular flexibility index (Phi) is 7.73. The summed E-state index contributed by atoms with van der Waals surface area (Å²) in [5.74, 6) is -0.916. The topological polar surface area (TPSA) is 80.5 Å². The summed E-state index contributed by atoms with van der Waals surface area (Å²) in [5.41, 5.74) is 1.13. The molecule has 154 valence electrons. The van der Waals surface area contributed by atoms with Crippen LogP contribution in [0.15, 0.2) is 36.7 Å². The molecular formula is C18H16Cl4N4O3. The Morgan fingerprint density at radius 3 is 2.34 bits per heavy atom. The predicted octanol–water partition coefficient (Wildman–Crippen LogP) is 5.43. The average Bonchev–Trinajstić information content (AvgIpc) is 3.16. The van der Waals surface area contributed by atoms with Crippen molar-refractivity contribution in [3.63, 3.8) is 0 Å². The Morgan fingerprint density at radius 2 is 1.76 bits per heavy atom. The highest BCUT2D eigenvalue weighted by Gasteiger charge is 2.21. The number of benzene rings is 2. The summed E-state index contributed by atoms with van der Waals surface area (Å²) >= 11 is 23.7. The molecule has 1 aromatic heterocycles. The molecule has 0 saturated heterocycles. The number of phenolic OH excluding ortho intramolecular Hbond substituents is 1. The summed E-state index contributed by atoms with van der Waals surface area (Å²) in [6.07, 6.45) is 1.32. The highest BCUT2D eigenvalue weighted by Crippen LogP contribution is 2.33. The third-order valence-electron chi connectivity index (χ3n) is 3.71. The summed E-state index contributed by atoms with van der Waals surface area (Å²) in [6, 6.07) is 7.86. The van der Waals surface area contributed by atoms with Gasteiger partial charge in [0.15, 0.2) is 5.75 Å². The van der Waals surface area contributed by atoms with Gasteiger partial charge in [-0.25, -0.2) is 14.7 Å². The van der Waals surface area contributed by atoms with Gasteiger partial charge in [0.05, 0.1) is 39.4 Å². The third-order valence-corrected chi connectivity index (χ3v) is 5.02. The largest absolute Gasteiger partial charge is 0.505 e. The number of rotatable bonds is 5. The van der Waals surface area contributed by atoms with E-state index in [4.69, 9.17) is 51.2 Å². The number of hydroxylamine groups is 2. The van der Waals surface area contributed by atoms with Crippen molar-refractivity contribution >= 4 is 52.3 Å². The summed E-state index contributed by atoms with van der Waals surface area (Å²) in [4.78, 5) is 21.8. The molecule has 0 fully saturated rings. The molecule has 0 aliphatic heterocycles. The molecule has 0 saturated carbocycles. The maximum Gasteiger partial charge on any atom is 0.317 e. The van der Waals surface area contributed by atoms with Crippen molar-refractivity contribution < 1.29 is 14.7 Å². The number of phenols is 1. The summed E-state index contributed by atoms with van der Waals surface area (Å²) < 4.78 is 1.30. The number of hydrogen-bond acceptors (Lipinski definition) is 5. The number of aromatic hydroxyl groups is 1. The second kappa shape index (κ2) is 9.65. The Labute approximate surface area is 187 Å². The molecule has 0 aliphatic carbocycles. The Morgan fingerprint density at radius 1 is 1.10 bits per heavy atom. The van der Waals surface area contributed by atoms with Gasteiger partial charge in [-0.15, -0.1) is 5.10 Å². The van der Waals surface area contributed by atoms with Gasteiger partial charge in [-0.3, -0.25) is 9.63 Å². The van der Waals surface area contributed by atoms with E-state index in [2.05, 4.69) is 10.1 Å². The van der Waals surface area contributed by atoms with Crippen molar-refractivity contribution in [1.29, 1.82) is 0 Å². The molecule has 7 nitrogen and oxygen atoms in total. The molecule has 0 bridgehead atoms.